The van der Waals surface area contributed by atoms with Crippen LogP contribution in [0.15, 0.2) is 18.2 Å². The number of hydrogen-bond donors (Lipinski definition) is 1. The molecule has 2 atom stereocenters. The van der Waals surface area contributed by atoms with Crippen LogP contribution in [0.2, 0.25) is 0 Å². The van der Waals surface area contributed by atoms with Gasteiger partial charge in [-0.3, -0.25) is 4.90 Å². The lowest BCUT2D eigenvalue weighted by Crippen LogP contribution is -2.54. The maximum Gasteiger partial charge on any atom is 0.0363 e. The highest BCUT2D eigenvalue weighted by Crippen LogP contribution is 2.38. The predicted octanol–water partition coefficient (Wildman–Crippen LogP) is 2.60. The first kappa shape index (κ1) is 12.7. The molecule has 2 N–H and O–H groups in total. The van der Waals surface area contributed by atoms with Crippen molar-refractivity contribution < 1.29 is 0 Å². The molecule has 3 aliphatic heterocycles. The van der Waals surface area contributed by atoms with Crippen molar-refractivity contribution in [3.05, 3.63) is 29.3 Å². The van der Waals surface area contributed by atoms with Gasteiger partial charge in [0.15, 0.2) is 0 Å². The minimum atomic E-state index is 0.758. The lowest BCUT2D eigenvalue weighted by Gasteiger charge is -2.49. The fourth-order valence-corrected chi connectivity index (χ4v) is 4.62. The quantitative estimate of drug-likeness (QED) is 0.797. The van der Waals surface area contributed by atoms with Crippen molar-refractivity contribution in [1.82, 2.24) is 9.80 Å². The summed E-state index contributed by atoms with van der Waals surface area (Å²) in [5, 5.41) is 0. The molecule has 4 rings (SSSR count). The Kier molecular flexibility index (Phi) is 3.00. The highest BCUT2D eigenvalue weighted by Gasteiger charge is 2.39. The number of nitrogens with zero attached hydrogens (tertiary/aromatic N) is 2. The van der Waals surface area contributed by atoms with Crippen LogP contribution in [0.4, 0.5) is 5.69 Å². The molecule has 0 amide bonds. The van der Waals surface area contributed by atoms with E-state index in [0.29, 0.717) is 0 Å². The average Bonchev–Trinajstić information content (AvgIpc) is 2.84. The fourth-order valence-electron chi connectivity index (χ4n) is 4.62. The molecule has 0 aromatic heterocycles. The van der Waals surface area contributed by atoms with Gasteiger partial charge in [0.1, 0.15) is 0 Å². The Hall–Kier alpha value is -1.06. The second-order valence-electron chi connectivity index (χ2n) is 6.92. The van der Waals surface area contributed by atoms with Gasteiger partial charge in [-0.1, -0.05) is 18.6 Å². The number of rotatable bonds is 1. The third kappa shape index (κ3) is 1.95. The maximum atomic E-state index is 6.14. The minimum absolute atomic E-state index is 0.758. The molecule has 2 unspecified atom stereocenters. The van der Waals surface area contributed by atoms with E-state index >= 15 is 0 Å². The zero-order valence-corrected chi connectivity index (χ0v) is 12.4. The number of nitrogens with two attached hydrogens (primary N) is 1. The van der Waals surface area contributed by atoms with Crippen LogP contribution in [0.3, 0.4) is 0 Å². The summed E-state index contributed by atoms with van der Waals surface area (Å²) in [4.78, 5) is 5.33. The molecular formula is C17H25N3. The van der Waals surface area contributed by atoms with Crippen LogP contribution in [0.1, 0.15) is 43.2 Å². The van der Waals surface area contributed by atoms with Gasteiger partial charge in [-0.2, -0.15) is 0 Å². The van der Waals surface area contributed by atoms with Gasteiger partial charge in [0.05, 0.1) is 0 Å². The first-order chi connectivity index (χ1) is 9.72. The highest BCUT2D eigenvalue weighted by atomic mass is 15.2. The maximum absolute atomic E-state index is 6.14. The lowest BCUT2D eigenvalue weighted by molar-refractivity contribution is 0.00749. The second kappa shape index (κ2) is 4.74. The summed E-state index contributed by atoms with van der Waals surface area (Å²) in [6.07, 6.45) is 6.92. The molecule has 3 nitrogen and oxygen atoms in total. The molecule has 2 saturated heterocycles. The summed E-state index contributed by atoms with van der Waals surface area (Å²) in [5.74, 6) is 0. The van der Waals surface area contributed by atoms with Gasteiger partial charge >= 0.3 is 0 Å². The van der Waals surface area contributed by atoms with Gasteiger partial charge in [0.2, 0.25) is 0 Å². The van der Waals surface area contributed by atoms with E-state index < -0.39 is 0 Å². The zero-order valence-electron chi connectivity index (χ0n) is 12.4. The molecule has 1 aromatic carbocycles. The van der Waals surface area contributed by atoms with Gasteiger partial charge in [0.25, 0.3) is 0 Å². The number of anilines is 1. The van der Waals surface area contributed by atoms with Crippen molar-refractivity contribution in [3.8, 4) is 0 Å². The van der Waals surface area contributed by atoms with Crippen LogP contribution >= 0.6 is 0 Å². The first-order valence-corrected chi connectivity index (χ1v) is 8.04. The van der Waals surface area contributed by atoms with E-state index in [1.54, 1.807) is 0 Å². The van der Waals surface area contributed by atoms with E-state index in [2.05, 4.69) is 29.0 Å². The Balaban J connectivity index is 1.52. The minimum Gasteiger partial charge on any atom is -0.398 e. The number of nitrogen functional groups attached to an aromatic ring is 1. The normalized spacial score (nSPS) is 34.1. The molecule has 108 valence electrons. The summed E-state index contributed by atoms with van der Waals surface area (Å²) in [5.41, 5.74) is 9.97. The summed E-state index contributed by atoms with van der Waals surface area (Å²) in [7, 11) is 2.33. The molecule has 1 aromatic rings. The summed E-state index contributed by atoms with van der Waals surface area (Å²) >= 11 is 0. The smallest absolute Gasteiger partial charge is 0.0363 e. The van der Waals surface area contributed by atoms with Crippen molar-refractivity contribution in [2.24, 2.45) is 0 Å². The molecule has 0 aliphatic carbocycles. The Morgan fingerprint density at radius 2 is 1.80 bits per heavy atom. The average molecular weight is 271 g/mol. The lowest BCUT2D eigenvalue weighted by atomic mass is 9.82. The van der Waals surface area contributed by atoms with Crippen LogP contribution in [0.5, 0.6) is 0 Å². The Morgan fingerprint density at radius 1 is 1.05 bits per heavy atom. The van der Waals surface area contributed by atoms with Crippen LogP contribution in [-0.4, -0.2) is 35.0 Å². The van der Waals surface area contributed by atoms with E-state index in [0.717, 1.165) is 36.9 Å². The molecule has 3 aliphatic rings. The van der Waals surface area contributed by atoms with Crippen molar-refractivity contribution in [2.75, 3.05) is 12.8 Å². The van der Waals surface area contributed by atoms with Crippen molar-refractivity contribution >= 4 is 5.69 Å². The highest BCUT2D eigenvalue weighted by molar-refractivity contribution is 5.52. The van der Waals surface area contributed by atoms with E-state index in [1.807, 2.05) is 6.07 Å². The van der Waals surface area contributed by atoms with Crippen LogP contribution in [-0.2, 0) is 13.1 Å². The zero-order chi connectivity index (χ0) is 13.7. The van der Waals surface area contributed by atoms with E-state index in [9.17, 15) is 0 Å². The van der Waals surface area contributed by atoms with Gasteiger partial charge in [-0.15, -0.1) is 0 Å². The Morgan fingerprint density at radius 3 is 2.50 bits per heavy atom. The Bertz CT molecular complexity index is 499. The van der Waals surface area contributed by atoms with Gasteiger partial charge in [0, 0.05) is 36.9 Å². The van der Waals surface area contributed by atoms with E-state index in [-0.39, 0.29) is 0 Å². The second-order valence-corrected chi connectivity index (χ2v) is 6.92. The molecule has 3 heterocycles. The SMILES string of the molecule is CN1C2CCCC1CC(N1Cc3cccc(N)c3C1)C2. The molecule has 2 bridgehead atoms. The van der Waals surface area contributed by atoms with Gasteiger partial charge in [-0.25, -0.2) is 0 Å². The molecule has 0 spiro atoms. The van der Waals surface area contributed by atoms with Crippen molar-refractivity contribution in [1.29, 1.82) is 0 Å². The van der Waals surface area contributed by atoms with Crippen LogP contribution in [0, 0.1) is 0 Å². The first-order valence-electron chi connectivity index (χ1n) is 8.04. The third-order valence-corrected chi connectivity index (χ3v) is 5.88. The van der Waals surface area contributed by atoms with Crippen LogP contribution in [0.25, 0.3) is 0 Å². The summed E-state index contributed by atoms with van der Waals surface area (Å²) in [6, 6.07) is 8.78. The standard InChI is InChI=1S/C17H25N3/c1-19-13-5-3-6-14(19)9-15(8-13)20-10-12-4-2-7-17(18)16(12)11-20/h2,4,7,13-15H,3,5-6,8-11,18H2,1H3. The van der Waals surface area contributed by atoms with Crippen LogP contribution < -0.4 is 5.73 Å². The van der Waals surface area contributed by atoms with Crippen molar-refractivity contribution in [3.63, 3.8) is 0 Å². The van der Waals surface area contributed by atoms with E-state index in [1.165, 1.54) is 43.2 Å². The third-order valence-electron chi connectivity index (χ3n) is 5.88. The largest absolute Gasteiger partial charge is 0.398 e. The fraction of sp³-hybridized carbons (Fsp3) is 0.647. The monoisotopic (exact) mass is 271 g/mol. The summed E-state index contributed by atoms with van der Waals surface area (Å²) < 4.78 is 0. The number of benzene rings is 1. The molecular weight excluding hydrogens is 246 g/mol. The van der Waals surface area contributed by atoms with E-state index in [4.69, 9.17) is 5.73 Å². The molecule has 0 saturated carbocycles. The Labute approximate surface area is 121 Å². The molecule has 0 radical (unpaired) electrons. The number of hydrogen-bond acceptors (Lipinski definition) is 3. The predicted molar refractivity (Wildman–Crippen MR) is 82.3 cm³/mol. The van der Waals surface area contributed by atoms with Crippen molar-refractivity contribution in [2.45, 2.75) is 63.3 Å². The molecule has 20 heavy (non-hydrogen) atoms. The molecule has 3 heteroatoms. The number of piperidine rings is 2. The van der Waals surface area contributed by atoms with Gasteiger partial charge < -0.3 is 10.6 Å². The summed E-state index contributed by atoms with van der Waals surface area (Å²) in [6.45, 7) is 2.17. The topological polar surface area (TPSA) is 32.5 Å². The number of fused-ring (bicyclic) bond motifs is 3. The molecule has 2 fully saturated rings. The van der Waals surface area contributed by atoms with Gasteiger partial charge in [-0.05, 0) is 49.9 Å².